The molecule has 0 saturated heterocycles. The summed E-state index contributed by atoms with van der Waals surface area (Å²) in [4.78, 5) is 0. The molecular formula is C9H11N3S. The Kier molecular flexibility index (Phi) is 2.16. The van der Waals surface area contributed by atoms with Gasteiger partial charge in [0, 0.05) is 19.5 Å². The summed E-state index contributed by atoms with van der Waals surface area (Å²) in [5.74, 6) is 0.989. The van der Waals surface area contributed by atoms with Crippen LogP contribution >= 0.6 is 11.5 Å². The van der Waals surface area contributed by atoms with E-state index in [2.05, 4.69) is 21.9 Å². The molecule has 0 atom stereocenters. The predicted molar refractivity (Wildman–Crippen MR) is 57.1 cm³/mol. The molecule has 3 nitrogen and oxygen atoms in total. The minimum atomic E-state index is 0.989. The van der Waals surface area contributed by atoms with Gasteiger partial charge in [0.05, 0.1) is 4.70 Å². The van der Waals surface area contributed by atoms with E-state index in [4.69, 9.17) is 0 Å². The number of nitrogens with zero attached hydrogens (tertiary/aromatic N) is 2. The van der Waals surface area contributed by atoms with Gasteiger partial charge in [0.15, 0.2) is 5.82 Å². The SMILES string of the molecule is CNN(C)c1nsc2ccccc12. The van der Waals surface area contributed by atoms with Crippen molar-refractivity contribution in [2.24, 2.45) is 0 Å². The largest absolute Gasteiger partial charge is 0.294 e. The van der Waals surface area contributed by atoms with Crippen LogP contribution in [0.1, 0.15) is 0 Å². The van der Waals surface area contributed by atoms with Crippen molar-refractivity contribution < 1.29 is 0 Å². The quantitative estimate of drug-likeness (QED) is 0.738. The fourth-order valence-corrected chi connectivity index (χ4v) is 2.02. The highest BCUT2D eigenvalue weighted by Crippen LogP contribution is 2.27. The molecule has 1 aromatic carbocycles. The van der Waals surface area contributed by atoms with Gasteiger partial charge < -0.3 is 0 Å². The molecule has 13 heavy (non-hydrogen) atoms. The van der Waals surface area contributed by atoms with Gasteiger partial charge in [0.1, 0.15) is 0 Å². The van der Waals surface area contributed by atoms with E-state index >= 15 is 0 Å². The Balaban J connectivity index is 2.57. The zero-order valence-corrected chi connectivity index (χ0v) is 8.43. The minimum Gasteiger partial charge on any atom is -0.294 e. The minimum absolute atomic E-state index is 0.989. The summed E-state index contributed by atoms with van der Waals surface area (Å²) in [5.41, 5.74) is 3.04. The summed E-state index contributed by atoms with van der Waals surface area (Å²) >= 11 is 1.53. The summed E-state index contributed by atoms with van der Waals surface area (Å²) in [6.45, 7) is 0. The summed E-state index contributed by atoms with van der Waals surface area (Å²) in [5, 5.41) is 3.11. The normalized spacial score (nSPS) is 10.6. The third kappa shape index (κ3) is 1.38. The molecule has 0 saturated carbocycles. The van der Waals surface area contributed by atoms with Crippen LogP contribution in [0.15, 0.2) is 24.3 Å². The molecule has 2 aromatic rings. The molecule has 0 amide bonds. The topological polar surface area (TPSA) is 28.2 Å². The van der Waals surface area contributed by atoms with Crippen molar-refractivity contribution in [1.29, 1.82) is 0 Å². The van der Waals surface area contributed by atoms with Crippen LogP contribution in [-0.2, 0) is 0 Å². The summed E-state index contributed by atoms with van der Waals surface area (Å²) in [7, 11) is 3.84. The molecule has 1 aromatic heterocycles. The van der Waals surface area contributed by atoms with E-state index in [-0.39, 0.29) is 0 Å². The highest BCUT2D eigenvalue weighted by Gasteiger charge is 2.07. The monoisotopic (exact) mass is 193 g/mol. The van der Waals surface area contributed by atoms with Crippen molar-refractivity contribution in [3.05, 3.63) is 24.3 Å². The van der Waals surface area contributed by atoms with Gasteiger partial charge in [-0.2, -0.15) is 4.37 Å². The second kappa shape index (κ2) is 3.32. The van der Waals surface area contributed by atoms with Crippen LogP contribution in [0.5, 0.6) is 0 Å². The highest BCUT2D eigenvalue weighted by atomic mass is 32.1. The zero-order chi connectivity index (χ0) is 9.26. The van der Waals surface area contributed by atoms with Gasteiger partial charge in [0.2, 0.25) is 0 Å². The smallest absolute Gasteiger partial charge is 0.164 e. The third-order valence-electron chi connectivity index (χ3n) is 2.01. The van der Waals surface area contributed by atoms with Crippen molar-refractivity contribution in [3.8, 4) is 0 Å². The lowest BCUT2D eigenvalue weighted by Gasteiger charge is -2.14. The van der Waals surface area contributed by atoms with Crippen LogP contribution < -0.4 is 10.4 Å². The van der Waals surface area contributed by atoms with Gasteiger partial charge in [-0.3, -0.25) is 5.01 Å². The molecule has 4 heteroatoms. The second-order valence-corrected chi connectivity index (χ2v) is 3.59. The number of nitrogens with one attached hydrogen (secondary N) is 1. The van der Waals surface area contributed by atoms with E-state index in [0.29, 0.717) is 0 Å². The molecule has 0 aliphatic rings. The Morgan fingerprint density at radius 3 is 2.92 bits per heavy atom. The van der Waals surface area contributed by atoms with Crippen LogP contribution in [0, 0.1) is 0 Å². The molecule has 0 radical (unpaired) electrons. The lowest BCUT2D eigenvalue weighted by Crippen LogP contribution is -2.30. The second-order valence-electron chi connectivity index (χ2n) is 2.78. The fraction of sp³-hybridized carbons (Fsp3) is 0.222. The van der Waals surface area contributed by atoms with Gasteiger partial charge in [-0.1, -0.05) is 12.1 Å². The number of benzene rings is 1. The number of rotatable bonds is 2. The predicted octanol–water partition coefficient (Wildman–Crippen LogP) is 1.87. The number of anilines is 1. The van der Waals surface area contributed by atoms with E-state index in [1.54, 1.807) is 0 Å². The number of fused-ring (bicyclic) bond motifs is 1. The molecule has 0 bridgehead atoms. The maximum atomic E-state index is 4.37. The van der Waals surface area contributed by atoms with Crippen molar-refractivity contribution in [1.82, 2.24) is 9.80 Å². The van der Waals surface area contributed by atoms with E-state index in [9.17, 15) is 0 Å². The summed E-state index contributed by atoms with van der Waals surface area (Å²) < 4.78 is 5.59. The summed E-state index contributed by atoms with van der Waals surface area (Å²) in [6, 6.07) is 8.23. The van der Waals surface area contributed by atoms with Crippen molar-refractivity contribution >= 4 is 27.4 Å². The van der Waals surface area contributed by atoms with Crippen molar-refractivity contribution in [2.75, 3.05) is 19.1 Å². The number of hydrazine groups is 1. The van der Waals surface area contributed by atoms with E-state index in [1.807, 2.05) is 31.2 Å². The number of aromatic nitrogens is 1. The van der Waals surface area contributed by atoms with Crippen LogP contribution in [-0.4, -0.2) is 18.5 Å². The zero-order valence-electron chi connectivity index (χ0n) is 7.61. The molecule has 1 heterocycles. The van der Waals surface area contributed by atoms with Crippen molar-refractivity contribution in [3.63, 3.8) is 0 Å². The first-order valence-corrected chi connectivity index (χ1v) is 4.86. The Bertz CT molecular complexity index is 410. The highest BCUT2D eigenvalue weighted by molar-refractivity contribution is 7.13. The van der Waals surface area contributed by atoms with Gasteiger partial charge in [-0.05, 0) is 23.7 Å². The molecule has 68 valence electrons. The molecule has 0 unspecified atom stereocenters. The molecule has 0 spiro atoms. The van der Waals surface area contributed by atoms with Gasteiger partial charge in [0.25, 0.3) is 0 Å². The first-order valence-electron chi connectivity index (χ1n) is 4.08. The van der Waals surface area contributed by atoms with Crippen LogP contribution in [0.2, 0.25) is 0 Å². The molecule has 0 aliphatic heterocycles. The van der Waals surface area contributed by atoms with Crippen LogP contribution in [0.3, 0.4) is 0 Å². The summed E-state index contributed by atoms with van der Waals surface area (Å²) in [6.07, 6.45) is 0. The van der Waals surface area contributed by atoms with Gasteiger partial charge in [-0.25, -0.2) is 5.43 Å². The Morgan fingerprint density at radius 1 is 1.38 bits per heavy atom. The van der Waals surface area contributed by atoms with Crippen LogP contribution in [0.4, 0.5) is 5.82 Å². The Morgan fingerprint density at radius 2 is 2.15 bits per heavy atom. The molecule has 1 N–H and O–H groups in total. The maximum absolute atomic E-state index is 4.37. The number of hydrogen-bond acceptors (Lipinski definition) is 4. The Hall–Kier alpha value is -1.13. The van der Waals surface area contributed by atoms with E-state index in [0.717, 1.165) is 5.82 Å². The number of hydrogen-bond donors (Lipinski definition) is 1. The van der Waals surface area contributed by atoms with Gasteiger partial charge in [-0.15, -0.1) is 0 Å². The first kappa shape index (κ1) is 8.47. The maximum Gasteiger partial charge on any atom is 0.164 e. The third-order valence-corrected chi connectivity index (χ3v) is 2.83. The molecule has 0 aliphatic carbocycles. The molecular weight excluding hydrogens is 182 g/mol. The Labute approximate surface area is 81.1 Å². The molecule has 0 fully saturated rings. The van der Waals surface area contributed by atoms with Crippen molar-refractivity contribution in [2.45, 2.75) is 0 Å². The average Bonchev–Trinajstić information content (AvgIpc) is 2.60. The lowest BCUT2D eigenvalue weighted by atomic mass is 10.2. The van der Waals surface area contributed by atoms with Crippen LogP contribution in [0.25, 0.3) is 10.1 Å². The van der Waals surface area contributed by atoms with E-state index in [1.165, 1.54) is 21.6 Å². The van der Waals surface area contributed by atoms with Gasteiger partial charge >= 0.3 is 0 Å². The first-order chi connectivity index (χ1) is 6.33. The molecule has 2 rings (SSSR count). The fourth-order valence-electron chi connectivity index (χ4n) is 1.22. The standard InChI is InChI=1S/C9H11N3S/c1-10-12(2)9-7-5-3-4-6-8(7)13-11-9/h3-6,10H,1-2H3. The van der Waals surface area contributed by atoms with E-state index < -0.39 is 0 Å². The lowest BCUT2D eigenvalue weighted by molar-refractivity contribution is 0.785. The average molecular weight is 193 g/mol.